The molecule has 0 aliphatic carbocycles. The quantitative estimate of drug-likeness (QED) is 0.729. The highest BCUT2D eigenvalue weighted by molar-refractivity contribution is 7.85. The molecule has 94 valence electrons. The molecule has 1 unspecified atom stereocenters. The Labute approximate surface area is 106 Å². The predicted molar refractivity (Wildman–Crippen MR) is 73.0 cm³/mol. The average molecular weight is 252 g/mol. The second-order valence-corrected chi connectivity index (χ2v) is 5.96. The third-order valence-electron chi connectivity index (χ3n) is 2.71. The molecule has 1 atom stereocenters. The first-order chi connectivity index (χ1) is 8.04. The van der Waals surface area contributed by atoms with Crippen LogP contribution in [-0.4, -0.2) is 21.5 Å². The van der Waals surface area contributed by atoms with Gasteiger partial charge in [0.05, 0.1) is 5.75 Å². The Hall–Kier alpha value is -0.960. The van der Waals surface area contributed by atoms with Crippen LogP contribution >= 0.6 is 0 Å². The maximum atomic E-state index is 12.0. The van der Waals surface area contributed by atoms with Crippen molar-refractivity contribution < 1.29 is 9.00 Å². The summed E-state index contributed by atoms with van der Waals surface area (Å²) in [5, 5.41) is 0. The summed E-state index contributed by atoms with van der Waals surface area (Å²) >= 11 is 0. The van der Waals surface area contributed by atoms with Crippen LogP contribution in [0.2, 0.25) is 0 Å². The van der Waals surface area contributed by atoms with Crippen molar-refractivity contribution in [1.82, 2.24) is 0 Å². The Morgan fingerprint density at radius 2 is 2.00 bits per heavy atom. The first-order valence-electron chi connectivity index (χ1n) is 6.00. The third-order valence-corrected chi connectivity index (χ3v) is 4.04. The van der Waals surface area contributed by atoms with E-state index in [1.165, 1.54) is 0 Å². The molecule has 1 rings (SSSR count). The second-order valence-electron chi connectivity index (χ2n) is 4.38. The molecule has 0 heterocycles. The fourth-order valence-corrected chi connectivity index (χ4v) is 2.84. The molecule has 0 aliphatic heterocycles. The van der Waals surface area contributed by atoms with Crippen LogP contribution in [0.15, 0.2) is 18.2 Å². The first kappa shape index (κ1) is 14.1. The van der Waals surface area contributed by atoms with Gasteiger partial charge in [0, 0.05) is 22.1 Å². The summed E-state index contributed by atoms with van der Waals surface area (Å²) in [5.74, 6) is 0.790. The summed E-state index contributed by atoms with van der Waals surface area (Å²) in [6, 6.07) is 5.81. The zero-order chi connectivity index (χ0) is 12.8. The van der Waals surface area contributed by atoms with E-state index in [0.717, 1.165) is 29.5 Å². The Bertz CT molecular complexity index is 424. The van der Waals surface area contributed by atoms with E-state index in [1.807, 2.05) is 32.0 Å². The van der Waals surface area contributed by atoms with Gasteiger partial charge in [-0.15, -0.1) is 0 Å². The molecule has 0 aliphatic rings. The van der Waals surface area contributed by atoms with Crippen molar-refractivity contribution in [2.75, 3.05) is 11.5 Å². The fourth-order valence-electron chi connectivity index (χ4n) is 1.64. The minimum atomic E-state index is -1.01. The number of rotatable bonds is 6. The number of hydrogen-bond acceptors (Lipinski definition) is 2. The molecule has 1 aromatic rings. The molecule has 1 aromatic carbocycles. The van der Waals surface area contributed by atoms with Crippen molar-refractivity contribution in [1.29, 1.82) is 0 Å². The minimum absolute atomic E-state index is 0.000589. The maximum Gasteiger partial charge on any atom is 0.175 e. The molecule has 0 bridgehead atoms. The minimum Gasteiger partial charge on any atom is -0.293 e. The van der Waals surface area contributed by atoms with E-state index in [1.54, 1.807) is 0 Å². The predicted octanol–water partition coefficient (Wildman–Crippen LogP) is 3.03. The van der Waals surface area contributed by atoms with Gasteiger partial charge >= 0.3 is 0 Å². The normalized spacial score (nSPS) is 12.4. The lowest BCUT2D eigenvalue weighted by atomic mass is 10.0. The standard InChI is InChI=1S/C14H20O2S/c1-4-5-8-17(16)10-14(15)13-9-11(2)6-7-12(13)3/h6-7,9H,4-5,8,10H2,1-3H3. The van der Waals surface area contributed by atoms with Gasteiger partial charge in [-0.1, -0.05) is 31.0 Å². The molecule has 0 N–H and O–H groups in total. The smallest absolute Gasteiger partial charge is 0.175 e. The lowest BCUT2D eigenvalue weighted by Gasteiger charge is -2.06. The van der Waals surface area contributed by atoms with Gasteiger partial charge in [-0.3, -0.25) is 9.00 Å². The van der Waals surface area contributed by atoms with Gasteiger partial charge in [-0.25, -0.2) is 0 Å². The van der Waals surface area contributed by atoms with Crippen LogP contribution in [0.4, 0.5) is 0 Å². The van der Waals surface area contributed by atoms with E-state index in [4.69, 9.17) is 0 Å². The molecule has 0 saturated carbocycles. The van der Waals surface area contributed by atoms with E-state index < -0.39 is 10.8 Å². The highest BCUT2D eigenvalue weighted by atomic mass is 32.2. The fraction of sp³-hybridized carbons (Fsp3) is 0.500. The van der Waals surface area contributed by atoms with Gasteiger partial charge in [0.2, 0.25) is 0 Å². The van der Waals surface area contributed by atoms with Crippen LogP contribution in [0.25, 0.3) is 0 Å². The van der Waals surface area contributed by atoms with E-state index in [0.29, 0.717) is 5.75 Å². The van der Waals surface area contributed by atoms with Crippen LogP contribution in [-0.2, 0) is 10.8 Å². The Balaban J connectivity index is 2.69. The van der Waals surface area contributed by atoms with Crippen LogP contribution < -0.4 is 0 Å². The molecule has 0 radical (unpaired) electrons. The van der Waals surface area contributed by atoms with Gasteiger partial charge in [-0.2, -0.15) is 0 Å². The van der Waals surface area contributed by atoms with Gasteiger partial charge in [-0.05, 0) is 31.9 Å². The van der Waals surface area contributed by atoms with E-state index in [-0.39, 0.29) is 11.5 Å². The average Bonchev–Trinajstić information content (AvgIpc) is 2.29. The van der Waals surface area contributed by atoms with Crippen LogP contribution in [0.1, 0.15) is 41.3 Å². The van der Waals surface area contributed by atoms with Crippen LogP contribution in [0.5, 0.6) is 0 Å². The zero-order valence-corrected chi connectivity index (χ0v) is 11.6. The molecular formula is C14H20O2S. The highest BCUT2D eigenvalue weighted by Gasteiger charge is 2.12. The number of carbonyl (C=O) groups excluding carboxylic acids is 1. The van der Waals surface area contributed by atoms with Gasteiger partial charge in [0.1, 0.15) is 0 Å². The Morgan fingerprint density at radius 1 is 1.29 bits per heavy atom. The summed E-state index contributed by atoms with van der Waals surface area (Å²) in [5.41, 5.74) is 2.75. The van der Waals surface area contributed by atoms with E-state index in [2.05, 4.69) is 6.92 Å². The lowest BCUT2D eigenvalue weighted by Crippen LogP contribution is -2.14. The van der Waals surface area contributed by atoms with Crippen molar-refractivity contribution in [3.63, 3.8) is 0 Å². The molecule has 0 spiro atoms. The van der Waals surface area contributed by atoms with Gasteiger partial charge in [0.25, 0.3) is 0 Å². The zero-order valence-electron chi connectivity index (χ0n) is 10.8. The van der Waals surface area contributed by atoms with Crippen molar-refractivity contribution in [3.05, 3.63) is 34.9 Å². The summed E-state index contributed by atoms with van der Waals surface area (Å²) in [4.78, 5) is 12.0. The number of hydrogen-bond donors (Lipinski definition) is 0. The van der Waals surface area contributed by atoms with Crippen LogP contribution in [0.3, 0.4) is 0 Å². The number of aryl methyl sites for hydroxylation is 2. The number of Topliss-reactive ketones (excluding diaryl/α,β-unsaturated/α-hetero) is 1. The lowest BCUT2D eigenvalue weighted by molar-refractivity contribution is 0.102. The summed E-state index contributed by atoms with van der Waals surface area (Å²) in [7, 11) is -1.01. The Kier molecular flexibility index (Phi) is 5.56. The molecular weight excluding hydrogens is 232 g/mol. The monoisotopic (exact) mass is 252 g/mol. The number of unbranched alkanes of at least 4 members (excludes halogenated alkanes) is 1. The molecule has 0 amide bonds. The summed E-state index contributed by atoms with van der Waals surface area (Å²) in [6.07, 6.45) is 1.94. The Morgan fingerprint density at radius 3 is 2.65 bits per heavy atom. The van der Waals surface area contributed by atoms with Gasteiger partial charge < -0.3 is 0 Å². The largest absolute Gasteiger partial charge is 0.293 e. The number of benzene rings is 1. The molecule has 0 saturated heterocycles. The molecule has 0 aromatic heterocycles. The summed E-state index contributed by atoms with van der Waals surface area (Å²) < 4.78 is 11.7. The molecule has 0 fully saturated rings. The maximum absolute atomic E-state index is 12.0. The van der Waals surface area contributed by atoms with Crippen LogP contribution in [0, 0.1) is 13.8 Å². The summed E-state index contributed by atoms with van der Waals surface area (Å²) in [6.45, 7) is 5.94. The number of ketones is 1. The van der Waals surface area contributed by atoms with Gasteiger partial charge in [0.15, 0.2) is 5.78 Å². The van der Waals surface area contributed by atoms with Crippen molar-refractivity contribution in [2.45, 2.75) is 33.6 Å². The molecule has 3 heteroatoms. The second kappa shape index (κ2) is 6.70. The van der Waals surface area contributed by atoms with E-state index in [9.17, 15) is 9.00 Å². The first-order valence-corrected chi connectivity index (χ1v) is 7.48. The van der Waals surface area contributed by atoms with Crippen molar-refractivity contribution >= 4 is 16.6 Å². The number of carbonyl (C=O) groups is 1. The highest BCUT2D eigenvalue weighted by Crippen LogP contribution is 2.12. The molecule has 17 heavy (non-hydrogen) atoms. The topological polar surface area (TPSA) is 34.1 Å². The third kappa shape index (κ3) is 4.43. The molecule has 2 nitrogen and oxygen atoms in total. The SMILES string of the molecule is CCCCS(=O)CC(=O)c1cc(C)ccc1C. The van der Waals surface area contributed by atoms with E-state index >= 15 is 0 Å². The van der Waals surface area contributed by atoms with Crippen molar-refractivity contribution in [2.24, 2.45) is 0 Å². The van der Waals surface area contributed by atoms with Crippen molar-refractivity contribution in [3.8, 4) is 0 Å².